The second-order valence-electron chi connectivity index (χ2n) is 5.65. The molecule has 2 fully saturated rings. The van der Waals surface area contributed by atoms with E-state index in [-0.39, 0.29) is 24.4 Å². The summed E-state index contributed by atoms with van der Waals surface area (Å²) in [6, 6.07) is -0.740. The summed E-state index contributed by atoms with van der Waals surface area (Å²) in [7, 11) is 0. The number of nitrogens with two attached hydrogens (primary N) is 1. The van der Waals surface area contributed by atoms with Crippen LogP contribution >= 0.6 is 0 Å². The van der Waals surface area contributed by atoms with Crippen LogP contribution in [0.3, 0.4) is 0 Å². The first kappa shape index (κ1) is 14.6. The van der Waals surface area contributed by atoms with E-state index in [0.717, 1.165) is 19.3 Å². The Bertz CT molecular complexity index is 426. The molecular weight excluding hydrogens is 262 g/mol. The highest BCUT2D eigenvalue weighted by Gasteiger charge is 2.51. The van der Waals surface area contributed by atoms with Crippen LogP contribution in [0.2, 0.25) is 0 Å². The first-order chi connectivity index (χ1) is 9.43. The molecule has 2 bridgehead atoms. The Morgan fingerprint density at radius 3 is 2.50 bits per heavy atom. The molecule has 2 aliphatic rings. The third kappa shape index (κ3) is 2.71. The summed E-state index contributed by atoms with van der Waals surface area (Å²) in [5.41, 5.74) is 5.10. The first-order valence-corrected chi connectivity index (χ1v) is 7.00. The normalized spacial score (nSPS) is 31.1. The van der Waals surface area contributed by atoms with Crippen molar-refractivity contribution in [3.8, 4) is 0 Å². The molecule has 0 heterocycles. The van der Waals surface area contributed by atoms with Gasteiger partial charge in [0.2, 0.25) is 5.91 Å². The van der Waals surface area contributed by atoms with Crippen LogP contribution < -0.4 is 11.1 Å². The number of nitrogens with zero attached hydrogens (tertiary/aromatic N) is 1. The highest BCUT2D eigenvalue weighted by atomic mass is 16.4. The number of carbonyl (C=O) groups is 3. The van der Waals surface area contributed by atoms with E-state index in [1.54, 1.807) is 6.92 Å². The van der Waals surface area contributed by atoms with E-state index in [1.165, 1.54) is 4.90 Å². The average molecular weight is 283 g/mol. The SMILES string of the molecule is CCN(CC(N)=O)C(=O)NC1C2CCC(C2)C1C(=O)O. The molecule has 20 heavy (non-hydrogen) atoms. The molecule has 2 rings (SSSR count). The predicted octanol–water partition coefficient (Wildman–Crippen LogP) is 0.00250. The zero-order valence-corrected chi connectivity index (χ0v) is 11.5. The summed E-state index contributed by atoms with van der Waals surface area (Å²) in [4.78, 5) is 35.7. The molecule has 7 heteroatoms. The van der Waals surface area contributed by atoms with Crippen molar-refractivity contribution in [1.82, 2.24) is 10.2 Å². The zero-order chi connectivity index (χ0) is 14.9. The molecule has 7 nitrogen and oxygen atoms in total. The van der Waals surface area contributed by atoms with Gasteiger partial charge in [0.25, 0.3) is 0 Å². The fourth-order valence-corrected chi connectivity index (χ4v) is 3.60. The van der Waals surface area contributed by atoms with Crippen molar-refractivity contribution < 1.29 is 19.5 Å². The van der Waals surface area contributed by atoms with Crippen LogP contribution in [0.15, 0.2) is 0 Å². The number of fused-ring (bicyclic) bond motifs is 2. The van der Waals surface area contributed by atoms with Crippen molar-refractivity contribution >= 4 is 17.9 Å². The quantitative estimate of drug-likeness (QED) is 0.659. The van der Waals surface area contributed by atoms with E-state index in [1.807, 2.05) is 0 Å². The van der Waals surface area contributed by atoms with Gasteiger partial charge in [0, 0.05) is 12.6 Å². The summed E-state index contributed by atoms with van der Waals surface area (Å²) in [5, 5.41) is 12.1. The molecule has 0 aliphatic heterocycles. The smallest absolute Gasteiger partial charge is 0.318 e. The Balaban J connectivity index is 2.02. The number of carboxylic acids is 1. The lowest BCUT2D eigenvalue weighted by Crippen LogP contribution is -2.52. The number of hydrogen-bond donors (Lipinski definition) is 3. The van der Waals surface area contributed by atoms with Crippen molar-refractivity contribution in [1.29, 1.82) is 0 Å². The Morgan fingerprint density at radius 1 is 1.30 bits per heavy atom. The Morgan fingerprint density at radius 2 is 1.95 bits per heavy atom. The summed E-state index contributed by atoms with van der Waals surface area (Å²) >= 11 is 0. The minimum Gasteiger partial charge on any atom is -0.481 e. The van der Waals surface area contributed by atoms with Crippen molar-refractivity contribution in [3.05, 3.63) is 0 Å². The van der Waals surface area contributed by atoms with Crippen LogP contribution in [0, 0.1) is 17.8 Å². The Hall–Kier alpha value is -1.79. The summed E-state index contributed by atoms with van der Waals surface area (Å²) in [6.45, 7) is 1.95. The van der Waals surface area contributed by atoms with Gasteiger partial charge in [-0.1, -0.05) is 0 Å². The molecule has 0 aromatic heterocycles. The molecule has 0 spiro atoms. The maximum absolute atomic E-state index is 12.1. The molecule has 0 saturated heterocycles. The van der Waals surface area contributed by atoms with Gasteiger partial charge in [0.1, 0.15) is 6.54 Å². The summed E-state index contributed by atoms with van der Waals surface area (Å²) in [6.07, 6.45) is 2.75. The van der Waals surface area contributed by atoms with E-state index in [2.05, 4.69) is 5.32 Å². The van der Waals surface area contributed by atoms with Gasteiger partial charge < -0.3 is 21.1 Å². The van der Waals surface area contributed by atoms with Gasteiger partial charge in [0.05, 0.1) is 5.92 Å². The summed E-state index contributed by atoms with van der Waals surface area (Å²) < 4.78 is 0. The highest BCUT2D eigenvalue weighted by molar-refractivity contribution is 5.83. The molecule has 0 radical (unpaired) electrons. The molecule has 0 aromatic rings. The van der Waals surface area contributed by atoms with Crippen LogP contribution in [-0.2, 0) is 9.59 Å². The number of urea groups is 1. The largest absolute Gasteiger partial charge is 0.481 e. The number of amides is 3. The van der Waals surface area contributed by atoms with Gasteiger partial charge in [-0.25, -0.2) is 4.79 Å². The number of carbonyl (C=O) groups excluding carboxylic acids is 2. The van der Waals surface area contributed by atoms with Gasteiger partial charge >= 0.3 is 12.0 Å². The van der Waals surface area contributed by atoms with Crippen molar-refractivity contribution in [2.24, 2.45) is 23.5 Å². The van der Waals surface area contributed by atoms with Gasteiger partial charge in [-0.05, 0) is 38.0 Å². The number of aliphatic carboxylic acids is 1. The zero-order valence-electron chi connectivity index (χ0n) is 11.5. The van der Waals surface area contributed by atoms with Crippen LogP contribution in [-0.4, -0.2) is 47.0 Å². The lowest BCUT2D eigenvalue weighted by atomic mass is 9.84. The number of carboxylic acid groups (broad SMARTS) is 1. The molecule has 2 aliphatic carbocycles. The highest BCUT2D eigenvalue weighted by Crippen LogP contribution is 2.48. The number of rotatable bonds is 5. The molecule has 4 unspecified atom stereocenters. The molecule has 112 valence electrons. The number of nitrogens with one attached hydrogen (secondary N) is 1. The summed E-state index contributed by atoms with van der Waals surface area (Å²) in [5.74, 6) is -1.54. The molecule has 0 aromatic carbocycles. The number of likely N-dealkylation sites (N-methyl/N-ethyl adjacent to an activating group) is 1. The average Bonchev–Trinajstić information content (AvgIpc) is 2.95. The molecular formula is C13H21N3O4. The van der Waals surface area contributed by atoms with Crippen LogP contribution in [0.4, 0.5) is 4.79 Å². The van der Waals surface area contributed by atoms with E-state index >= 15 is 0 Å². The van der Waals surface area contributed by atoms with Crippen LogP contribution in [0.5, 0.6) is 0 Å². The number of primary amides is 1. The minimum atomic E-state index is -0.847. The van der Waals surface area contributed by atoms with Gasteiger partial charge in [0.15, 0.2) is 0 Å². The lowest BCUT2D eigenvalue weighted by molar-refractivity contribution is -0.144. The second-order valence-corrected chi connectivity index (χ2v) is 5.65. The van der Waals surface area contributed by atoms with Gasteiger partial charge in [-0.3, -0.25) is 9.59 Å². The van der Waals surface area contributed by atoms with E-state index in [4.69, 9.17) is 5.73 Å². The van der Waals surface area contributed by atoms with Gasteiger partial charge in [-0.2, -0.15) is 0 Å². The fraction of sp³-hybridized carbons (Fsp3) is 0.769. The maximum atomic E-state index is 12.1. The van der Waals surface area contributed by atoms with Crippen molar-refractivity contribution in [2.75, 3.05) is 13.1 Å². The minimum absolute atomic E-state index is 0.152. The van der Waals surface area contributed by atoms with Crippen molar-refractivity contribution in [3.63, 3.8) is 0 Å². The Labute approximate surface area is 117 Å². The molecule has 2 saturated carbocycles. The standard InChI is InChI=1S/C13H21N3O4/c1-2-16(6-9(14)17)13(20)15-11-8-4-3-7(5-8)10(11)12(18)19/h7-8,10-11H,2-6H2,1H3,(H2,14,17)(H,15,20)(H,18,19). The lowest BCUT2D eigenvalue weighted by Gasteiger charge is -2.31. The second kappa shape index (κ2) is 5.68. The van der Waals surface area contributed by atoms with Crippen molar-refractivity contribution in [2.45, 2.75) is 32.2 Å². The molecule has 4 atom stereocenters. The maximum Gasteiger partial charge on any atom is 0.318 e. The van der Waals surface area contributed by atoms with E-state index in [0.29, 0.717) is 6.54 Å². The topological polar surface area (TPSA) is 113 Å². The molecule has 3 amide bonds. The van der Waals surface area contributed by atoms with Crippen LogP contribution in [0.1, 0.15) is 26.2 Å². The van der Waals surface area contributed by atoms with E-state index < -0.39 is 23.8 Å². The van der Waals surface area contributed by atoms with Crippen LogP contribution in [0.25, 0.3) is 0 Å². The third-order valence-corrected chi connectivity index (χ3v) is 4.51. The van der Waals surface area contributed by atoms with Gasteiger partial charge in [-0.15, -0.1) is 0 Å². The molecule has 4 N–H and O–H groups in total. The first-order valence-electron chi connectivity index (χ1n) is 7.00. The number of hydrogen-bond acceptors (Lipinski definition) is 3. The monoisotopic (exact) mass is 283 g/mol. The third-order valence-electron chi connectivity index (χ3n) is 4.51. The predicted molar refractivity (Wildman–Crippen MR) is 70.7 cm³/mol. The fourth-order valence-electron chi connectivity index (χ4n) is 3.60. The van der Waals surface area contributed by atoms with E-state index in [9.17, 15) is 19.5 Å². The Kier molecular flexibility index (Phi) is 4.15.